The second kappa shape index (κ2) is 9.66. The smallest absolute Gasteiger partial charge is 0.418 e. The van der Waals surface area contributed by atoms with E-state index in [9.17, 15) is 19.2 Å². The highest BCUT2D eigenvalue weighted by Gasteiger charge is 2.58. The molecule has 3 aliphatic rings. The minimum absolute atomic E-state index is 0.0323. The molecule has 0 bridgehead atoms. The lowest BCUT2D eigenvalue weighted by Gasteiger charge is -2.31. The van der Waals surface area contributed by atoms with Crippen molar-refractivity contribution in [2.24, 2.45) is 0 Å². The third-order valence-electron chi connectivity index (χ3n) is 7.93. The highest BCUT2D eigenvalue weighted by molar-refractivity contribution is 6.06. The summed E-state index contributed by atoms with van der Waals surface area (Å²) in [6, 6.07) is 10.4. The zero-order chi connectivity index (χ0) is 27.2. The Morgan fingerprint density at radius 2 is 1.95 bits per heavy atom. The first kappa shape index (κ1) is 25.6. The summed E-state index contributed by atoms with van der Waals surface area (Å²) in [6.45, 7) is 3.60. The number of likely N-dealkylation sites (tertiary alicyclic amines) is 1. The number of aryl methyl sites for hydroxylation is 2. The van der Waals surface area contributed by atoms with Crippen LogP contribution in [0.15, 0.2) is 36.4 Å². The summed E-state index contributed by atoms with van der Waals surface area (Å²) < 4.78 is 11.0. The number of carbonyl (C=O) groups is 4. The Labute approximate surface area is 221 Å². The summed E-state index contributed by atoms with van der Waals surface area (Å²) in [6.07, 6.45) is 1.59. The zero-order valence-corrected chi connectivity index (χ0v) is 22.0. The van der Waals surface area contributed by atoms with Crippen molar-refractivity contribution in [3.8, 4) is 5.75 Å². The van der Waals surface area contributed by atoms with Gasteiger partial charge in [-0.3, -0.25) is 9.59 Å². The number of urea groups is 1. The summed E-state index contributed by atoms with van der Waals surface area (Å²) in [5, 5.41) is 5.20. The van der Waals surface area contributed by atoms with Crippen molar-refractivity contribution in [1.29, 1.82) is 0 Å². The largest absolute Gasteiger partial charge is 0.497 e. The topological polar surface area (TPSA) is 117 Å². The molecule has 0 unspecified atom stereocenters. The van der Waals surface area contributed by atoms with Gasteiger partial charge in [-0.15, -0.1) is 0 Å². The summed E-state index contributed by atoms with van der Waals surface area (Å²) in [7, 11) is 3.14. The molecule has 3 atom stereocenters. The van der Waals surface area contributed by atoms with Gasteiger partial charge in [0, 0.05) is 30.8 Å². The Kier molecular flexibility index (Phi) is 6.50. The molecule has 2 aliphatic heterocycles. The molecule has 2 N–H and O–H groups in total. The first-order chi connectivity index (χ1) is 18.2. The molecule has 5 rings (SSSR count). The molecule has 38 heavy (non-hydrogen) atoms. The van der Waals surface area contributed by atoms with Gasteiger partial charge in [0.1, 0.15) is 12.3 Å². The molecule has 2 aromatic carbocycles. The third-order valence-corrected chi connectivity index (χ3v) is 7.93. The molecule has 1 aliphatic carbocycles. The molecule has 2 fully saturated rings. The van der Waals surface area contributed by atoms with Crippen molar-refractivity contribution in [1.82, 2.24) is 15.1 Å². The molecular weight excluding hydrogens is 488 g/mol. The van der Waals surface area contributed by atoms with E-state index in [0.717, 1.165) is 40.2 Å². The monoisotopic (exact) mass is 520 g/mol. The third kappa shape index (κ3) is 4.13. The SMILES string of the molecule is CNC(=O)Nc1ccc2c(c1)CC[C@@]21OC(=O)N(CC(=O)N2[C@H](C)CC[C@H]2c2ccc(OC)cc2C)C1=O. The van der Waals surface area contributed by atoms with Gasteiger partial charge in [0.2, 0.25) is 11.5 Å². The van der Waals surface area contributed by atoms with Crippen LogP contribution in [0.4, 0.5) is 15.3 Å². The lowest BCUT2D eigenvalue weighted by atomic mass is 9.94. The predicted molar refractivity (Wildman–Crippen MR) is 139 cm³/mol. The number of anilines is 1. The second-order valence-corrected chi connectivity index (χ2v) is 10.1. The number of methoxy groups -OCH3 is 1. The van der Waals surface area contributed by atoms with Crippen LogP contribution in [-0.2, 0) is 26.3 Å². The number of amides is 5. The van der Waals surface area contributed by atoms with Crippen LogP contribution in [-0.4, -0.2) is 60.5 Å². The molecule has 0 aromatic heterocycles. The van der Waals surface area contributed by atoms with Gasteiger partial charge in [-0.1, -0.05) is 12.1 Å². The summed E-state index contributed by atoms with van der Waals surface area (Å²) in [5.74, 6) is -0.0641. The maximum atomic E-state index is 13.6. The quantitative estimate of drug-likeness (QED) is 0.622. The van der Waals surface area contributed by atoms with Gasteiger partial charge in [-0.2, -0.15) is 0 Å². The first-order valence-corrected chi connectivity index (χ1v) is 12.8. The molecule has 5 amide bonds. The Morgan fingerprint density at radius 3 is 2.66 bits per heavy atom. The Balaban J connectivity index is 1.36. The predicted octanol–water partition coefficient (Wildman–Crippen LogP) is 3.63. The van der Waals surface area contributed by atoms with E-state index in [1.165, 1.54) is 7.05 Å². The molecule has 10 nitrogen and oxygen atoms in total. The van der Waals surface area contributed by atoms with Crippen molar-refractivity contribution < 1.29 is 28.7 Å². The maximum Gasteiger partial charge on any atom is 0.418 e. The van der Waals surface area contributed by atoms with E-state index in [2.05, 4.69) is 10.6 Å². The second-order valence-electron chi connectivity index (χ2n) is 10.1. The minimum atomic E-state index is -1.44. The van der Waals surface area contributed by atoms with E-state index in [1.54, 1.807) is 30.2 Å². The number of nitrogens with one attached hydrogen (secondary N) is 2. The van der Waals surface area contributed by atoms with Gasteiger partial charge in [-0.25, -0.2) is 14.5 Å². The van der Waals surface area contributed by atoms with E-state index >= 15 is 0 Å². The van der Waals surface area contributed by atoms with E-state index in [-0.39, 0.29) is 37.0 Å². The fraction of sp³-hybridized carbons (Fsp3) is 0.429. The molecule has 2 heterocycles. The number of hydrogen-bond acceptors (Lipinski definition) is 6. The number of hydrogen-bond donors (Lipinski definition) is 2. The van der Waals surface area contributed by atoms with Crippen LogP contribution in [0.1, 0.15) is 54.5 Å². The molecule has 2 saturated heterocycles. The Morgan fingerprint density at radius 1 is 1.16 bits per heavy atom. The fourth-order valence-electron chi connectivity index (χ4n) is 6.00. The number of fused-ring (bicyclic) bond motifs is 2. The maximum absolute atomic E-state index is 13.6. The number of ether oxygens (including phenoxy) is 2. The summed E-state index contributed by atoms with van der Waals surface area (Å²) >= 11 is 0. The average Bonchev–Trinajstić information content (AvgIpc) is 3.53. The zero-order valence-electron chi connectivity index (χ0n) is 22.0. The van der Waals surface area contributed by atoms with Crippen LogP contribution >= 0.6 is 0 Å². The number of nitrogens with zero attached hydrogens (tertiary/aromatic N) is 2. The van der Waals surface area contributed by atoms with Crippen molar-refractivity contribution in [2.45, 2.75) is 57.2 Å². The Hall–Kier alpha value is -4.08. The molecule has 1 spiro atoms. The molecule has 2 aromatic rings. The molecule has 200 valence electrons. The highest BCUT2D eigenvalue weighted by Crippen LogP contribution is 2.46. The van der Waals surface area contributed by atoms with Crippen LogP contribution in [0, 0.1) is 6.92 Å². The number of imide groups is 1. The van der Waals surface area contributed by atoms with Crippen LogP contribution in [0.2, 0.25) is 0 Å². The molecule has 10 heteroatoms. The van der Waals surface area contributed by atoms with E-state index < -0.39 is 17.6 Å². The van der Waals surface area contributed by atoms with Gasteiger partial charge < -0.3 is 25.0 Å². The van der Waals surface area contributed by atoms with E-state index in [1.807, 2.05) is 32.0 Å². The Bertz CT molecular complexity index is 1330. The van der Waals surface area contributed by atoms with E-state index in [0.29, 0.717) is 17.7 Å². The van der Waals surface area contributed by atoms with Crippen LogP contribution < -0.4 is 15.4 Å². The number of rotatable bonds is 5. The standard InChI is InChI=1S/C28H32N4O6/c1-16-13-20(37-4)7-8-21(16)23-10-5-17(2)32(23)24(33)15-31-25(34)28(38-27(31)36)12-11-18-14-19(6-9-22(18)28)30-26(35)29-3/h6-9,13-14,17,23H,5,10-12,15H2,1-4H3,(H2,29,30,35)/t17-,23+,28-/m1/s1. The molecule has 0 saturated carbocycles. The van der Waals surface area contributed by atoms with Crippen molar-refractivity contribution in [3.63, 3.8) is 0 Å². The molecular formula is C28H32N4O6. The average molecular weight is 521 g/mol. The number of carbonyl (C=O) groups excluding carboxylic acids is 4. The summed E-state index contributed by atoms with van der Waals surface area (Å²) in [4.78, 5) is 54.6. The van der Waals surface area contributed by atoms with Crippen LogP contribution in [0.5, 0.6) is 5.75 Å². The normalized spacial score (nSPS) is 24.0. The lowest BCUT2D eigenvalue weighted by molar-refractivity contribution is -0.143. The van der Waals surface area contributed by atoms with Crippen molar-refractivity contribution >= 4 is 29.6 Å². The van der Waals surface area contributed by atoms with Crippen molar-refractivity contribution in [2.75, 3.05) is 26.0 Å². The highest BCUT2D eigenvalue weighted by atomic mass is 16.6. The van der Waals surface area contributed by atoms with E-state index in [4.69, 9.17) is 9.47 Å². The van der Waals surface area contributed by atoms with Gasteiger partial charge in [0.15, 0.2) is 0 Å². The van der Waals surface area contributed by atoms with Gasteiger partial charge in [0.05, 0.1) is 13.2 Å². The van der Waals surface area contributed by atoms with Gasteiger partial charge in [-0.05, 0) is 74.1 Å². The molecule has 0 radical (unpaired) electrons. The number of benzene rings is 2. The summed E-state index contributed by atoms with van der Waals surface area (Å²) in [5.41, 5.74) is 2.59. The first-order valence-electron chi connectivity index (χ1n) is 12.8. The lowest BCUT2D eigenvalue weighted by Crippen LogP contribution is -2.46. The van der Waals surface area contributed by atoms with Gasteiger partial charge >= 0.3 is 12.1 Å². The van der Waals surface area contributed by atoms with Crippen molar-refractivity contribution in [3.05, 3.63) is 58.7 Å². The van der Waals surface area contributed by atoms with Crippen LogP contribution in [0.25, 0.3) is 0 Å². The minimum Gasteiger partial charge on any atom is -0.497 e. The van der Waals surface area contributed by atoms with Gasteiger partial charge in [0.25, 0.3) is 5.91 Å². The fourth-order valence-corrected chi connectivity index (χ4v) is 6.00. The van der Waals surface area contributed by atoms with Crippen LogP contribution in [0.3, 0.4) is 0 Å².